The van der Waals surface area contributed by atoms with Crippen molar-refractivity contribution in [3.63, 3.8) is 0 Å². The molecule has 5 rings (SSSR count). The fourth-order valence-electron chi connectivity index (χ4n) is 4.42. The maximum atomic E-state index is 13.8. The van der Waals surface area contributed by atoms with Gasteiger partial charge in [0.25, 0.3) is 0 Å². The van der Waals surface area contributed by atoms with Gasteiger partial charge in [0.1, 0.15) is 22.9 Å². The van der Waals surface area contributed by atoms with Gasteiger partial charge < -0.3 is 15.0 Å². The van der Waals surface area contributed by atoms with Crippen LogP contribution in [0.4, 0.5) is 14.6 Å². The fraction of sp³-hybridized carbons (Fsp3) is 0.269. The van der Waals surface area contributed by atoms with Crippen LogP contribution in [-0.2, 0) is 11.3 Å². The third kappa shape index (κ3) is 4.80. The van der Waals surface area contributed by atoms with Crippen LogP contribution < -0.4 is 15.0 Å². The molecule has 2 aromatic heterocycles. The molecular weight excluding hydrogens is 452 g/mol. The molecule has 1 aliphatic heterocycles. The summed E-state index contributed by atoms with van der Waals surface area (Å²) in [6.07, 6.45) is 4.84. The van der Waals surface area contributed by atoms with Crippen LogP contribution in [0.3, 0.4) is 0 Å². The molecule has 180 valence electrons. The lowest BCUT2D eigenvalue weighted by Gasteiger charge is -2.32. The van der Waals surface area contributed by atoms with Gasteiger partial charge in [-0.05, 0) is 37.1 Å². The van der Waals surface area contributed by atoms with E-state index in [-0.39, 0.29) is 23.9 Å². The Kier molecular flexibility index (Phi) is 6.31. The minimum atomic E-state index is -0.659. The number of carbonyl (C=O) groups excluding carboxylic acids is 1. The number of hydrogen-bond acceptors (Lipinski definition) is 5. The Morgan fingerprint density at radius 2 is 1.97 bits per heavy atom. The van der Waals surface area contributed by atoms with Crippen molar-refractivity contribution in [1.29, 1.82) is 0 Å². The van der Waals surface area contributed by atoms with Gasteiger partial charge in [-0.1, -0.05) is 18.2 Å². The first-order valence-electron chi connectivity index (χ1n) is 11.5. The number of aromatic nitrogens is 3. The van der Waals surface area contributed by atoms with Gasteiger partial charge in [0.15, 0.2) is 5.82 Å². The number of halogens is 2. The summed E-state index contributed by atoms with van der Waals surface area (Å²) >= 11 is 0. The van der Waals surface area contributed by atoms with Crippen LogP contribution in [0.2, 0.25) is 0 Å². The number of piperidine rings is 1. The average molecular weight is 478 g/mol. The quantitative estimate of drug-likeness (QED) is 0.450. The molecule has 1 fully saturated rings. The smallest absolute Gasteiger partial charge is 0.223 e. The van der Waals surface area contributed by atoms with Gasteiger partial charge in [-0.15, -0.1) is 0 Å². The summed E-state index contributed by atoms with van der Waals surface area (Å²) in [6.45, 7) is 1.36. The van der Waals surface area contributed by atoms with Crippen molar-refractivity contribution in [3.05, 3.63) is 78.1 Å². The van der Waals surface area contributed by atoms with Crippen molar-refractivity contribution < 1.29 is 18.3 Å². The fourth-order valence-corrected chi connectivity index (χ4v) is 4.42. The normalized spacial score (nSPS) is 14.3. The number of methoxy groups -OCH3 is 1. The van der Waals surface area contributed by atoms with Gasteiger partial charge >= 0.3 is 0 Å². The van der Waals surface area contributed by atoms with E-state index in [2.05, 4.69) is 15.2 Å². The highest BCUT2D eigenvalue weighted by molar-refractivity contribution is 5.80. The number of anilines is 1. The number of ether oxygens (including phenoxy) is 1. The standard InChI is InChI=1S/C26H25F2N5O2/c1-35-21-4-2-3-18(13-21)23-15-24-25(29-9-12-33(24)31-23)32-10-7-17(8-11-32)26(34)30-16-19-5-6-20(27)14-22(19)28/h2-6,9,12-15,17H,7-8,10-11,16H2,1H3,(H,30,34). The molecule has 0 spiro atoms. The maximum Gasteiger partial charge on any atom is 0.223 e. The first kappa shape index (κ1) is 22.8. The second kappa shape index (κ2) is 9.69. The number of amides is 1. The Hall–Kier alpha value is -4.01. The van der Waals surface area contributed by atoms with Crippen molar-refractivity contribution >= 4 is 17.2 Å². The zero-order valence-electron chi connectivity index (χ0n) is 19.2. The second-order valence-electron chi connectivity index (χ2n) is 8.56. The first-order chi connectivity index (χ1) is 17.0. The summed E-state index contributed by atoms with van der Waals surface area (Å²) < 4.78 is 34.1. The van der Waals surface area contributed by atoms with E-state index in [0.29, 0.717) is 25.9 Å². The summed E-state index contributed by atoms with van der Waals surface area (Å²) in [5, 5.41) is 7.48. The second-order valence-corrected chi connectivity index (χ2v) is 8.56. The molecule has 0 bridgehead atoms. The molecule has 0 aliphatic carbocycles. The first-order valence-corrected chi connectivity index (χ1v) is 11.5. The minimum absolute atomic E-state index is 0.0366. The highest BCUT2D eigenvalue weighted by atomic mass is 19.1. The number of benzene rings is 2. The molecule has 7 nitrogen and oxygen atoms in total. The third-order valence-corrected chi connectivity index (χ3v) is 6.37. The molecule has 3 heterocycles. The predicted molar refractivity (Wildman–Crippen MR) is 128 cm³/mol. The molecule has 1 amide bonds. The average Bonchev–Trinajstić information content (AvgIpc) is 3.33. The van der Waals surface area contributed by atoms with E-state index < -0.39 is 11.6 Å². The summed E-state index contributed by atoms with van der Waals surface area (Å²) in [4.78, 5) is 19.4. The molecule has 0 saturated carbocycles. The molecule has 0 radical (unpaired) electrons. The molecule has 1 aliphatic rings. The van der Waals surface area contributed by atoms with E-state index in [0.717, 1.165) is 34.4 Å². The number of rotatable bonds is 6. The van der Waals surface area contributed by atoms with Crippen molar-refractivity contribution in [1.82, 2.24) is 19.9 Å². The lowest BCUT2D eigenvalue weighted by molar-refractivity contribution is -0.125. The maximum absolute atomic E-state index is 13.8. The van der Waals surface area contributed by atoms with Gasteiger partial charge in [0.05, 0.1) is 12.8 Å². The van der Waals surface area contributed by atoms with E-state index >= 15 is 0 Å². The lowest BCUT2D eigenvalue weighted by atomic mass is 9.95. The number of nitrogens with zero attached hydrogens (tertiary/aromatic N) is 4. The van der Waals surface area contributed by atoms with Crippen LogP contribution in [0.5, 0.6) is 5.75 Å². The highest BCUT2D eigenvalue weighted by Crippen LogP contribution is 2.29. The van der Waals surface area contributed by atoms with Crippen molar-refractivity contribution in [2.45, 2.75) is 19.4 Å². The van der Waals surface area contributed by atoms with Gasteiger partial charge in [-0.2, -0.15) is 5.10 Å². The number of nitrogens with one attached hydrogen (secondary N) is 1. The Morgan fingerprint density at radius 1 is 1.14 bits per heavy atom. The molecule has 9 heteroatoms. The van der Waals surface area contributed by atoms with E-state index in [4.69, 9.17) is 9.84 Å². The van der Waals surface area contributed by atoms with Crippen LogP contribution >= 0.6 is 0 Å². The van der Waals surface area contributed by atoms with Gasteiger partial charge in [0, 0.05) is 55.1 Å². The van der Waals surface area contributed by atoms with E-state index in [1.807, 2.05) is 41.0 Å². The lowest BCUT2D eigenvalue weighted by Crippen LogP contribution is -2.40. The topological polar surface area (TPSA) is 71.8 Å². The monoisotopic (exact) mass is 477 g/mol. The Morgan fingerprint density at radius 3 is 2.74 bits per heavy atom. The van der Waals surface area contributed by atoms with Gasteiger partial charge in [0.2, 0.25) is 5.91 Å². The minimum Gasteiger partial charge on any atom is -0.497 e. The summed E-state index contributed by atoms with van der Waals surface area (Å²) in [7, 11) is 1.63. The molecule has 2 aromatic carbocycles. The van der Waals surface area contributed by atoms with Crippen LogP contribution in [0.15, 0.2) is 60.9 Å². The number of hydrogen-bond donors (Lipinski definition) is 1. The molecule has 0 atom stereocenters. The molecule has 1 saturated heterocycles. The van der Waals surface area contributed by atoms with E-state index in [1.54, 1.807) is 13.3 Å². The van der Waals surface area contributed by atoms with Crippen LogP contribution in [0, 0.1) is 17.6 Å². The van der Waals surface area contributed by atoms with E-state index in [1.165, 1.54) is 12.1 Å². The largest absolute Gasteiger partial charge is 0.497 e. The van der Waals surface area contributed by atoms with Gasteiger partial charge in [-0.25, -0.2) is 18.3 Å². The van der Waals surface area contributed by atoms with Crippen molar-refractivity contribution in [2.24, 2.45) is 5.92 Å². The summed E-state index contributed by atoms with van der Waals surface area (Å²) in [5.74, 6) is -0.00597. The summed E-state index contributed by atoms with van der Waals surface area (Å²) in [6, 6.07) is 13.1. The van der Waals surface area contributed by atoms with Crippen LogP contribution in [0.1, 0.15) is 18.4 Å². The Labute approximate surface area is 201 Å². The SMILES string of the molecule is COc1cccc(-c2cc3c(N4CCC(C(=O)NCc5ccc(F)cc5F)CC4)nccn3n2)c1. The number of fused-ring (bicyclic) bond motifs is 1. The van der Waals surface area contributed by atoms with Crippen molar-refractivity contribution in [2.75, 3.05) is 25.1 Å². The summed E-state index contributed by atoms with van der Waals surface area (Å²) in [5.41, 5.74) is 2.92. The highest BCUT2D eigenvalue weighted by Gasteiger charge is 2.27. The molecule has 4 aromatic rings. The molecule has 0 unspecified atom stereocenters. The van der Waals surface area contributed by atoms with Gasteiger partial charge in [-0.3, -0.25) is 4.79 Å². The number of carbonyl (C=O) groups is 1. The zero-order valence-corrected chi connectivity index (χ0v) is 19.2. The van der Waals surface area contributed by atoms with Crippen LogP contribution in [-0.4, -0.2) is 40.7 Å². The van der Waals surface area contributed by atoms with Crippen LogP contribution in [0.25, 0.3) is 16.8 Å². The Balaban J connectivity index is 1.25. The third-order valence-electron chi connectivity index (χ3n) is 6.37. The molecule has 35 heavy (non-hydrogen) atoms. The van der Waals surface area contributed by atoms with E-state index in [9.17, 15) is 13.6 Å². The van der Waals surface area contributed by atoms with Crippen molar-refractivity contribution in [3.8, 4) is 17.0 Å². The molecular formula is C26H25F2N5O2. The zero-order chi connectivity index (χ0) is 24.4. The predicted octanol–water partition coefficient (Wildman–Crippen LogP) is 4.22. The Bertz CT molecular complexity index is 1370. The molecule has 1 N–H and O–H groups in total.